The van der Waals surface area contributed by atoms with Gasteiger partial charge in [-0.25, -0.2) is 4.98 Å². The first kappa shape index (κ1) is 13.2. The summed E-state index contributed by atoms with van der Waals surface area (Å²) in [6.45, 7) is 2.90. The Kier molecular flexibility index (Phi) is 3.51. The summed E-state index contributed by atoms with van der Waals surface area (Å²) in [5.41, 5.74) is 1.45. The molecule has 3 aromatic rings. The average Bonchev–Trinajstić information content (AvgIpc) is 3.04. The maximum absolute atomic E-state index is 10.5. The molecule has 0 saturated heterocycles. The molecule has 20 heavy (non-hydrogen) atoms. The SMILES string of the molecule is CCCn1cncc1C(O)c1cc2cc(Cl)ccc2o1. The van der Waals surface area contributed by atoms with E-state index in [1.165, 1.54) is 0 Å². The van der Waals surface area contributed by atoms with Crippen LogP contribution in [0.25, 0.3) is 11.0 Å². The second-order valence-electron chi connectivity index (χ2n) is 4.75. The molecule has 0 fully saturated rings. The smallest absolute Gasteiger partial charge is 0.153 e. The molecule has 1 N–H and O–H groups in total. The Labute approximate surface area is 121 Å². The van der Waals surface area contributed by atoms with E-state index in [0.29, 0.717) is 16.4 Å². The van der Waals surface area contributed by atoms with Gasteiger partial charge in [0.05, 0.1) is 18.2 Å². The third kappa shape index (κ3) is 2.32. The number of benzene rings is 1. The van der Waals surface area contributed by atoms with Crippen LogP contribution in [0, 0.1) is 0 Å². The zero-order valence-electron chi connectivity index (χ0n) is 11.1. The van der Waals surface area contributed by atoms with Crippen LogP contribution >= 0.6 is 11.6 Å². The summed E-state index contributed by atoms with van der Waals surface area (Å²) in [4.78, 5) is 4.10. The van der Waals surface area contributed by atoms with Crippen LogP contribution in [0.4, 0.5) is 0 Å². The fraction of sp³-hybridized carbons (Fsp3) is 0.267. The van der Waals surface area contributed by atoms with Gasteiger partial charge in [-0.2, -0.15) is 0 Å². The van der Waals surface area contributed by atoms with Gasteiger partial charge in [0.15, 0.2) is 6.10 Å². The minimum absolute atomic E-state index is 0.500. The Morgan fingerprint density at radius 1 is 1.40 bits per heavy atom. The molecule has 0 radical (unpaired) electrons. The molecule has 2 aromatic heterocycles. The molecule has 1 aromatic carbocycles. The summed E-state index contributed by atoms with van der Waals surface area (Å²) in [5, 5.41) is 12.0. The van der Waals surface area contributed by atoms with E-state index in [9.17, 15) is 5.11 Å². The minimum atomic E-state index is -0.824. The summed E-state index contributed by atoms with van der Waals surface area (Å²) >= 11 is 5.96. The highest BCUT2D eigenvalue weighted by Crippen LogP contribution is 2.29. The van der Waals surface area contributed by atoms with Gasteiger partial charge in [-0.05, 0) is 30.7 Å². The van der Waals surface area contributed by atoms with Crippen LogP contribution in [-0.4, -0.2) is 14.7 Å². The van der Waals surface area contributed by atoms with Gasteiger partial charge in [-0.1, -0.05) is 18.5 Å². The molecule has 1 atom stereocenters. The second kappa shape index (κ2) is 5.31. The van der Waals surface area contributed by atoms with Crippen molar-refractivity contribution in [2.75, 3.05) is 0 Å². The molecule has 3 rings (SSSR count). The van der Waals surface area contributed by atoms with E-state index in [-0.39, 0.29) is 0 Å². The molecule has 0 aliphatic carbocycles. The lowest BCUT2D eigenvalue weighted by atomic mass is 10.2. The molecular weight excluding hydrogens is 276 g/mol. The molecule has 2 heterocycles. The van der Waals surface area contributed by atoms with E-state index in [0.717, 1.165) is 24.0 Å². The number of aryl methyl sites for hydroxylation is 1. The lowest BCUT2D eigenvalue weighted by Gasteiger charge is -2.10. The predicted octanol–water partition coefficient (Wildman–Crippen LogP) is 3.77. The molecular formula is C15H15ClN2O2. The number of nitrogens with zero attached hydrogens (tertiary/aromatic N) is 2. The van der Waals surface area contributed by atoms with E-state index in [1.807, 2.05) is 16.7 Å². The number of hydrogen-bond acceptors (Lipinski definition) is 3. The predicted molar refractivity (Wildman–Crippen MR) is 77.8 cm³/mol. The summed E-state index contributed by atoms with van der Waals surface area (Å²) in [5.74, 6) is 0.500. The van der Waals surface area contributed by atoms with E-state index in [2.05, 4.69) is 11.9 Å². The molecule has 0 saturated carbocycles. The zero-order chi connectivity index (χ0) is 14.1. The van der Waals surface area contributed by atoms with Gasteiger partial charge in [-0.3, -0.25) is 0 Å². The number of hydrogen-bond donors (Lipinski definition) is 1. The van der Waals surface area contributed by atoms with Crippen molar-refractivity contribution in [1.29, 1.82) is 0 Å². The van der Waals surface area contributed by atoms with Crippen molar-refractivity contribution in [3.63, 3.8) is 0 Å². The third-order valence-electron chi connectivity index (χ3n) is 3.26. The molecule has 4 nitrogen and oxygen atoms in total. The van der Waals surface area contributed by atoms with Crippen LogP contribution in [0.3, 0.4) is 0 Å². The highest BCUT2D eigenvalue weighted by atomic mass is 35.5. The third-order valence-corrected chi connectivity index (χ3v) is 3.49. The number of fused-ring (bicyclic) bond motifs is 1. The van der Waals surface area contributed by atoms with Gasteiger partial charge in [-0.15, -0.1) is 0 Å². The van der Waals surface area contributed by atoms with E-state index >= 15 is 0 Å². The Hall–Kier alpha value is -1.78. The van der Waals surface area contributed by atoms with Gasteiger partial charge in [0, 0.05) is 17.0 Å². The first-order chi connectivity index (χ1) is 9.69. The van der Waals surface area contributed by atoms with Crippen molar-refractivity contribution < 1.29 is 9.52 Å². The van der Waals surface area contributed by atoms with Gasteiger partial charge in [0.1, 0.15) is 11.3 Å². The van der Waals surface area contributed by atoms with Gasteiger partial charge in [0.2, 0.25) is 0 Å². The van der Waals surface area contributed by atoms with Crippen LogP contribution in [0.1, 0.15) is 30.9 Å². The number of imidazole rings is 1. The quantitative estimate of drug-likeness (QED) is 0.795. The van der Waals surface area contributed by atoms with Crippen molar-refractivity contribution in [3.05, 3.63) is 53.3 Å². The standard InChI is InChI=1S/C15H15ClN2O2/c1-2-5-18-9-17-8-12(18)15(19)14-7-10-6-11(16)3-4-13(10)20-14/h3-4,6-9,15,19H,2,5H2,1H3. The fourth-order valence-electron chi connectivity index (χ4n) is 2.30. The summed E-state index contributed by atoms with van der Waals surface area (Å²) in [7, 11) is 0. The largest absolute Gasteiger partial charge is 0.458 e. The van der Waals surface area contributed by atoms with Gasteiger partial charge in [0.25, 0.3) is 0 Å². The average molecular weight is 291 g/mol. The highest BCUT2D eigenvalue weighted by Gasteiger charge is 2.19. The molecule has 1 unspecified atom stereocenters. The van der Waals surface area contributed by atoms with Crippen molar-refractivity contribution in [1.82, 2.24) is 9.55 Å². The van der Waals surface area contributed by atoms with Crippen molar-refractivity contribution in [2.24, 2.45) is 0 Å². The summed E-state index contributed by atoms with van der Waals surface area (Å²) in [6.07, 6.45) is 3.55. The summed E-state index contributed by atoms with van der Waals surface area (Å²) in [6, 6.07) is 7.21. The topological polar surface area (TPSA) is 51.2 Å². The van der Waals surface area contributed by atoms with Gasteiger partial charge < -0.3 is 14.1 Å². The number of halogens is 1. The van der Waals surface area contributed by atoms with Crippen LogP contribution in [0.15, 0.2) is 41.2 Å². The number of furan rings is 1. The number of aromatic nitrogens is 2. The lowest BCUT2D eigenvalue weighted by molar-refractivity contribution is 0.182. The lowest BCUT2D eigenvalue weighted by Crippen LogP contribution is -2.07. The monoisotopic (exact) mass is 290 g/mol. The maximum atomic E-state index is 10.5. The van der Waals surface area contributed by atoms with Crippen molar-refractivity contribution in [3.8, 4) is 0 Å². The Morgan fingerprint density at radius 2 is 2.25 bits per heavy atom. The second-order valence-corrected chi connectivity index (χ2v) is 5.18. The molecule has 0 aliphatic heterocycles. The van der Waals surface area contributed by atoms with Crippen LogP contribution in [0.5, 0.6) is 0 Å². The Morgan fingerprint density at radius 3 is 3.05 bits per heavy atom. The molecule has 104 valence electrons. The summed E-state index contributed by atoms with van der Waals surface area (Å²) < 4.78 is 7.63. The molecule has 0 bridgehead atoms. The van der Waals surface area contributed by atoms with Crippen LogP contribution < -0.4 is 0 Å². The number of aliphatic hydroxyl groups is 1. The van der Waals surface area contributed by atoms with Crippen LogP contribution in [-0.2, 0) is 6.54 Å². The number of rotatable bonds is 4. The first-order valence-corrected chi connectivity index (χ1v) is 6.94. The molecule has 0 amide bonds. The maximum Gasteiger partial charge on any atom is 0.153 e. The minimum Gasteiger partial charge on any atom is -0.458 e. The fourth-order valence-corrected chi connectivity index (χ4v) is 2.48. The van der Waals surface area contributed by atoms with Crippen LogP contribution in [0.2, 0.25) is 5.02 Å². The molecule has 0 spiro atoms. The first-order valence-electron chi connectivity index (χ1n) is 6.56. The Bertz CT molecular complexity index is 732. The van der Waals surface area contributed by atoms with E-state index in [1.54, 1.807) is 24.7 Å². The van der Waals surface area contributed by atoms with Crippen molar-refractivity contribution >= 4 is 22.6 Å². The van der Waals surface area contributed by atoms with E-state index in [4.69, 9.17) is 16.0 Å². The zero-order valence-corrected chi connectivity index (χ0v) is 11.8. The normalized spacial score (nSPS) is 12.9. The molecule has 0 aliphatic rings. The number of aliphatic hydroxyl groups excluding tert-OH is 1. The Balaban J connectivity index is 1.99. The van der Waals surface area contributed by atoms with Crippen molar-refractivity contribution in [2.45, 2.75) is 26.0 Å². The van der Waals surface area contributed by atoms with E-state index < -0.39 is 6.10 Å². The van der Waals surface area contributed by atoms with Gasteiger partial charge >= 0.3 is 0 Å². The molecule has 5 heteroatoms. The highest BCUT2D eigenvalue weighted by molar-refractivity contribution is 6.31.